The van der Waals surface area contributed by atoms with Crippen LogP contribution in [0.2, 0.25) is 0 Å². The molecular formula is C16H17F3N4O. The summed E-state index contributed by atoms with van der Waals surface area (Å²) in [5.74, 6) is -0.117. The zero-order valence-corrected chi connectivity index (χ0v) is 13.0. The lowest BCUT2D eigenvalue weighted by Gasteiger charge is -2.13. The van der Waals surface area contributed by atoms with Crippen molar-refractivity contribution in [3.05, 3.63) is 53.5 Å². The van der Waals surface area contributed by atoms with Gasteiger partial charge in [-0.1, -0.05) is 25.1 Å². The van der Waals surface area contributed by atoms with Crippen molar-refractivity contribution in [1.82, 2.24) is 15.3 Å². The molecular weight excluding hydrogens is 321 g/mol. The minimum absolute atomic E-state index is 0.108. The van der Waals surface area contributed by atoms with Crippen molar-refractivity contribution < 1.29 is 18.0 Å². The number of amides is 1. The van der Waals surface area contributed by atoms with Gasteiger partial charge >= 0.3 is 6.18 Å². The number of anilines is 1. The maximum atomic E-state index is 12.7. The summed E-state index contributed by atoms with van der Waals surface area (Å²) < 4.78 is 38.1. The average molecular weight is 338 g/mol. The van der Waals surface area contributed by atoms with Crippen molar-refractivity contribution in [3.63, 3.8) is 0 Å². The van der Waals surface area contributed by atoms with E-state index >= 15 is 0 Å². The lowest BCUT2D eigenvalue weighted by molar-refractivity contribution is -0.137. The number of nitrogens with two attached hydrogens (primary N) is 1. The SMILES string of the molecule is CC(Cc1cccc(C(F)(F)F)c1)C(=O)NCc1nccc(N)n1. The third kappa shape index (κ3) is 4.94. The zero-order valence-electron chi connectivity index (χ0n) is 13.0. The van der Waals surface area contributed by atoms with Crippen LogP contribution in [0.15, 0.2) is 36.5 Å². The molecule has 0 spiro atoms. The number of benzene rings is 1. The Labute approximate surface area is 137 Å². The quantitative estimate of drug-likeness (QED) is 0.878. The number of alkyl halides is 3. The predicted molar refractivity (Wildman–Crippen MR) is 82.6 cm³/mol. The first-order valence-corrected chi connectivity index (χ1v) is 7.27. The number of carbonyl (C=O) groups excluding carboxylic acids is 1. The summed E-state index contributed by atoms with van der Waals surface area (Å²) in [6, 6.07) is 6.50. The fraction of sp³-hybridized carbons (Fsp3) is 0.312. The van der Waals surface area contributed by atoms with E-state index in [1.165, 1.54) is 18.3 Å². The van der Waals surface area contributed by atoms with Gasteiger partial charge in [0.2, 0.25) is 5.91 Å². The molecule has 0 radical (unpaired) electrons. The second-order valence-electron chi connectivity index (χ2n) is 5.42. The second kappa shape index (κ2) is 7.29. The molecule has 1 aromatic heterocycles. The lowest BCUT2D eigenvalue weighted by atomic mass is 9.98. The van der Waals surface area contributed by atoms with E-state index in [1.54, 1.807) is 13.0 Å². The summed E-state index contributed by atoms with van der Waals surface area (Å²) in [7, 11) is 0. The van der Waals surface area contributed by atoms with E-state index in [0.29, 0.717) is 17.2 Å². The molecule has 2 aromatic rings. The molecule has 0 saturated heterocycles. The molecule has 1 amide bonds. The predicted octanol–water partition coefficient (Wildman–Crippen LogP) is 2.57. The molecule has 8 heteroatoms. The Morgan fingerprint density at radius 1 is 1.33 bits per heavy atom. The molecule has 1 heterocycles. The highest BCUT2D eigenvalue weighted by molar-refractivity contribution is 5.78. The van der Waals surface area contributed by atoms with Crippen molar-refractivity contribution in [1.29, 1.82) is 0 Å². The Balaban J connectivity index is 1.94. The fourth-order valence-corrected chi connectivity index (χ4v) is 2.16. The number of hydrogen-bond acceptors (Lipinski definition) is 4. The Morgan fingerprint density at radius 3 is 2.75 bits per heavy atom. The molecule has 3 N–H and O–H groups in total. The standard InChI is InChI=1S/C16H17F3N4O/c1-10(7-11-3-2-4-12(8-11)16(17,18)19)15(24)22-9-14-21-6-5-13(20)23-14/h2-6,8,10H,7,9H2,1H3,(H,22,24)(H2,20,21,23). The Hall–Kier alpha value is -2.64. The Morgan fingerprint density at radius 2 is 2.08 bits per heavy atom. The van der Waals surface area contributed by atoms with Gasteiger partial charge < -0.3 is 11.1 Å². The maximum absolute atomic E-state index is 12.7. The molecule has 0 bridgehead atoms. The number of nitrogens with zero attached hydrogens (tertiary/aromatic N) is 2. The first-order chi connectivity index (χ1) is 11.3. The van der Waals surface area contributed by atoms with Crippen LogP contribution in [0, 0.1) is 5.92 Å². The van der Waals surface area contributed by atoms with Gasteiger partial charge in [-0.25, -0.2) is 9.97 Å². The van der Waals surface area contributed by atoms with Gasteiger partial charge in [0.05, 0.1) is 12.1 Å². The van der Waals surface area contributed by atoms with Gasteiger partial charge in [0.1, 0.15) is 11.6 Å². The number of rotatable bonds is 5. The van der Waals surface area contributed by atoms with E-state index in [0.717, 1.165) is 12.1 Å². The van der Waals surface area contributed by atoms with Crippen LogP contribution in [-0.4, -0.2) is 15.9 Å². The average Bonchev–Trinajstić information content (AvgIpc) is 2.52. The number of aromatic nitrogens is 2. The van der Waals surface area contributed by atoms with E-state index in [2.05, 4.69) is 15.3 Å². The van der Waals surface area contributed by atoms with Crippen molar-refractivity contribution in [2.24, 2.45) is 5.92 Å². The fourth-order valence-electron chi connectivity index (χ4n) is 2.16. The topological polar surface area (TPSA) is 80.9 Å². The van der Waals surface area contributed by atoms with Crippen LogP contribution in [0.25, 0.3) is 0 Å². The molecule has 5 nitrogen and oxygen atoms in total. The van der Waals surface area contributed by atoms with Gasteiger partial charge in [0.25, 0.3) is 0 Å². The second-order valence-corrected chi connectivity index (χ2v) is 5.42. The maximum Gasteiger partial charge on any atom is 0.416 e. The zero-order chi connectivity index (χ0) is 17.7. The van der Waals surface area contributed by atoms with Crippen molar-refractivity contribution >= 4 is 11.7 Å². The molecule has 1 aromatic carbocycles. The Kier molecular flexibility index (Phi) is 5.38. The molecule has 2 rings (SSSR count). The summed E-state index contributed by atoms with van der Waals surface area (Å²) in [5, 5.41) is 2.65. The van der Waals surface area contributed by atoms with Crippen LogP contribution < -0.4 is 11.1 Å². The van der Waals surface area contributed by atoms with Crippen LogP contribution >= 0.6 is 0 Å². The summed E-state index contributed by atoms with van der Waals surface area (Å²) in [5.41, 5.74) is 5.25. The third-order valence-electron chi connectivity index (χ3n) is 3.39. The van der Waals surface area contributed by atoms with Crippen LogP contribution in [0.3, 0.4) is 0 Å². The van der Waals surface area contributed by atoms with Crippen LogP contribution in [0.5, 0.6) is 0 Å². The normalized spacial score (nSPS) is 12.7. The molecule has 0 aliphatic rings. The minimum atomic E-state index is -4.40. The minimum Gasteiger partial charge on any atom is -0.384 e. The van der Waals surface area contributed by atoms with Gasteiger partial charge in [-0.15, -0.1) is 0 Å². The largest absolute Gasteiger partial charge is 0.416 e. The molecule has 0 saturated carbocycles. The summed E-state index contributed by atoms with van der Waals surface area (Å²) in [6.07, 6.45) is -2.71. The van der Waals surface area contributed by atoms with E-state index < -0.39 is 17.7 Å². The van der Waals surface area contributed by atoms with E-state index in [1.807, 2.05) is 0 Å². The molecule has 1 atom stereocenters. The van der Waals surface area contributed by atoms with Crippen LogP contribution in [0.1, 0.15) is 23.9 Å². The molecule has 24 heavy (non-hydrogen) atoms. The lowest BCUT2D eigenvalue weighted by Crippen LogP contribution is -2.30. The number of nitrogen functional groups attached to an aromatic ring is 1. The highest BCUT2D eigenvalue weighted by Gasteiger charge is 2.30. The molecule has 0 aliphatic carbocycles. The van der Waals surface area contributed by atoms with Crippen molar-refractivity contribution in [2.45, 2.75) is 26.1 Å². The highest BCUT2D eigenvalue weighted by atomic mass is 19.4. The smallest absolute Gasteiger partial charge is 0.384 e. The number of carbonyl (C=O) groups is 1. The first kappa shape index (κ1) is 17.7. The molecule has 0 aliphatic heterocycles. The van der Waals surface area contributed by atoms with Crippen molar-refractivity contribution in [2.75, 3.05) is 5.73 Å². The first-order valence-electron chi connectivity index (χ1n) is 7.27. The van der Waals surface area contributed by atoms with Crippen LogP contribution in [-0.2, 0) is 23.9 Å². The van der Waals surface area contributed by atoms with Crippen LogP contribution in [0.4, 0.5) is 19.0 Å². The molecule has 128 valence electrons. The number of nitrogens with one attached hydrogen (secondary N) is 1. The van der Waals surface area contributed by atoms with E-state index in [9.17, 15) is 18.0 Å². The third-order valence-corrected chi connectivity index (χ3v) is 3.39. The number of hydrogen-bond donors (Lipinski definition) is 2. The Bertz CT molecular complexity index is 718. The van der Waals surface area contributed by atoms with Gasteiger partial charge in [-0.2, -0.15) is 13.2 Å². The summed E-state index contributed by atoms with van der Waals surface area (Å²) in [4.78, 5) is 20.0. The molecule has 0 fully saturated rings. The van der Waals surface area contributed by atoms with Gasteiger partial charge in [0.15, 0.2) is 0 Å². The molecule has 1 unspecified atom stereocenters. The summed E-state index contributed by atoms with van der Waals surface area (Å²) >= 11 is 0. The monoisotopic (exact) mass is 338 g/mol. The van der Waals surface area contributed by atoms with Gasteiger partial charge in [0, 0.05) is 12.1 Å². The van der Waals surface area contributed by atoms with Crippen molar-refractivity contribution in [3.8, 4) is 0 Å². The van der Waals surface area contributed by atoms with E-state index in [-0.39, 0.29) is 18.9 Å². The summed E-state index contributed by atoms with van der Waals surface area (Å²) in [6.45, 7) is 1.76. The highest BCUT2D eigenvalue weighted by Crippen LogP contribution is 2.29. The van der Waals surface area contributed by atoms with Gasteiger partial charge in [-0.05, 0) is 24.1 Å². The van der Waals surface area contributed by atoms with E-state index in [4.69, 9.17) is 5.73 Å². The van der Waals surface area contributed by atoms with Gasteiger partial charge in [-0.3, -0.25) is 4.79 Å². The number of halogens is 3.